The van der Waals surface area contributed by atoms with Crippen LogP contribution < -0.4 is 9.63 Å². The molecule has 8 heteroatoms. The smallest absolute Gasteiger partial charge is 0.265 e. The molecule has 0 saturated carbocycles. The van der Waals surface area contributed by atoms with Crippen molar-refractivity contribution in [1.29, 1.82) is 0 Å². The lowest BCUT2D eigenvalue weighted by Gasteiger charge is -2.62. The third-order valence-corrected chi connectivity index (χ3v) is 9.41. The minimum Gasteiger partial charge on any atom is -0.784 e. The number of amides is 1. The standard InChI is InChI=1S/C33H53N5O3/c1-10-11-25-12-14-26(15-13-25)22-34-16-17-35(24-34)23-29(39)36(27-18-30(2,3)37(40)31(4,5)19-27)28-20-32(6,7)38(41)33(8,9)21-28/h12-17,24,27-28,40H,10-11,18-23H2,1-9H3/p+1. The molecule has 1 aromatic carbocycles. The summed E-state index contributed by atoms with van der Waals surface area (Å²) in [6, 6.07) is 8.70. The molecule has 2 saturated heterocycles. The first-order valence-electron chi connectivity index (χ1n) is 15.4. The van der Waals surface area contributed by atoms with Crippen LogP contribution in [0.3, 0.4) is 0 Å². The largest absolute Gasteiger partial charge is 0.784 e. The molecule has 2 fully saturated rings. The molecule has 0 unspecified atom stereocenters. The minimum atomic E-state index is -0.581. The summed E-state index contributed by atoms with van der Waals surface area (Å²) in [6.07, 6.45) is 10.9. The zero-order chi connectivity index (χ0) is 30.4. The summed E-state index contributed by atoms with van der Waals surface area (Å²) in [5, 5.41) is 26.0. The summed E-state index contributed by atoms with van der Waals surface area (Å²) in [6.45, 7) is 19.5. The second kappa shape index (κ2) is 11.4. The minimum absolute atomic E-state index is 0.0254. The molecule has 2 aliphatic rings. The van der Waals surface area contributed by atoms with Crippen LogP contribution in [0.1, 0.15) is 106 Å². The lowest BCUT2D eigenvalue weighted by atomic mass is 9.74. The highest BCUT2D eigenvalue weighted by Crippen LogP contribution is 2.41. The van der Waals surface area contributed by atoms with Crippen LogP contribution in [-0.4, -0.2) is 59.9 Å². The van der Waals surface area contributed by atoms with E-state index in [-0.39, 0.29) is 24.5 Å². The van der Waals surface area contributed by atoms with E-state index in [2.05, 4.69) is 68.4 Å². The average Bonchev–Trinajstić information content (AvgIpc) is 3.28. The van der Waals surface area contributed by atoms with Crippen molar-refractivity contribution in [2.75, 3.05) is 0 Å². The van der Waals surface area contributed by atoms with Crippen molar-refractivity contribution in [3.05, 3.63) is 59.3 Å². The van der Waals surface area contributed by atoms with Gasteiger partial charge in [-0.3, -0.25) is 4.79 Å². The van der Waals surface area contributed by atoms with E-state index in [1.807, 2.05) is 51.0 Å². The number of nitrogens with zero attached hydrogens (tertiary/aromatic N) is 4. The second-order valence-corrected chi connectivity index (χ2v) is 15.3. The first-order chi connectivity index (χ1) is 18.9. The van der Waals surface area contributed by atoms with Gasteiger partial charge in [0.05, 0.1) is 0 Å². The molecule has 1 aromatic heterocycles. The average molecular weight is 569 g/mol. The monoisotopic (exact) mass is 568 g/mol. The van der Waals surface area contributed by atoms with Crippen molar-refractivity contribution in [2.45, 2.75) is 148 Å². The maximum Gasteiger partial charge on any atom is 0.265 e. The quantitative estimate of drug-likeness (QED) is 0.470. The Morgan fingerprint density at radius 2 is 1.46 bits per heavy atom. The number of quaternary nitrogens is 1. The summed E-state index contributed by atoms with van der Waals surface area (Å²) >= 11 is 0. The maximum atomic E-state index is 14.3. The van der Waals surface area contributed by atoms with Gasteiger partial charge in [-0.1, -0.05) is 37.6 Å². The SMILES string of the molecule is CCCc1ccc(C[n+]2ccn(CC(=O)N(C3CC(C)(C)N([O-])C(C)(C)C3)C3CC(C)(C)[NH+](O)C(C)(C)C3)c2)cc1. The van der Waals surface area contributed by atoms with Gasteiger partial charge in [-0.05, 0) is 85.8 Å². The van der Waals surface area contributed by atoms with E-state index in [0.29, 0.717) is 30.7 Å². The Balaban J connectivity index is 1.58. The molecule has 2 N–H and O–H groups in total. The van der Waals surface area contributed by atoms with Gasteiger partial charge in [-0.15, -0.1) is 0 Å². The number of benzene rings is 1. The lowest BCUT2D eigenvalue weighted by Crippen LogP contribution is -3.25. The molecule has 0 spiro atoms. The molecule has 0 bridgehead atoms. The summed E-state index contributed by atoms with van der Waals surface area (Å²) in [4.78, 5) is 16.4. The fourth-order valence-corrected chi connectivity index (χ4v) is 7.84. The number of carbonyl (C=O) groups is 1. The van der Waals surface area contributed by atoms with E-state index in [9.17, 15) is 15.2 Å². The number of hydrogen-bond donors (Lipinski definition) is 2. The van der Waals surface area contributed by atoms with E-state index in [1.165, 1.54) is 16.2 Å². The van der Waals surface area contributed by atoms with Gasteiger partial charge in [0.2, 0.25) is 6.33 Å². The normalized spacial score (nSPS) is 25.6. The van der Waals surface area contributed by atoms with Gasteiger partial charge in [0.1, 0.15) is 30.0 Å². The van der Waals surface area contributed by atoms with Crippen molar-refractivity contribution in [3.63, 3.8) is 0 Å². The van der Waals surface area contributed by atoms with Crippen LogP contribution in [-0.2, 0) is 24.3 Å². The molecule has 2 aliphatic heterocycles. The van der Waals surface area contributed by atoms with E-state index in [1.54, 1.807) is 0 Å². The molecule has 2 aromatic rings. The first-order valence-corrected chi connectivity index (χ1v) is 15.4. The summed E-state index contributed by atoms with van der Waals surface area (Å²) in [5.74, 6) is 0.0746. The fourth-order valence-electron chi connectivity index (χ4n) is 7.84. The van der Waals surface area contributed by atoms with Crippen LogP contribution in [0.2, 0.25) is 0 Å². The number of hydroxylamine groups is 4. The summed E-state index contributed by atoms with van der Waals surface area (Å²) in [5.41, 5.74) is 0.622. The van der Waals surface area contributed by atoms with Crippen molar-refractivity contribution in [3.8, 4) is 0 Å². The van der Waals surface area contributed by atoms with Gasteiger partial charge in [0.25, 0.3) is 5.91 Å². The Hall–Kier alpha value is -2.26. The third kappa shape index (κ3) is 6.87. The predicted octanol–water partition coefficient (Wildman–Crippen LogP) is 4.12. The van der Waals surface area contributed by atoms with Gasteiger partial charge in [0.15, 0.2) is 6.54 Å². The van der Waals surface area contributed by atoms with Crippen LogP contribution >= 0.6 is 0 Å². The molecule has 1 amide bonds. The number of imidazole rings is 1. The highest BCUT2D eigenvalue weighted by atomic mass is 16.5. The predicted molar refractivity (Wildman–Crippen MR) is 161 cm³/mol. The fraction of sp³-hybridized carbons (Fsp3) is 0.697. The van der Waals surface area contributed by atoms with Crippen LogP contribution in [0.4, 0.5) is 0 Å². The molecular weight excluding hydrogens is 514 g/mol. The Morgan fingerprint density at radius 3 is 2.00 bits per heavy atom. The van der Waals surface area contributed by atoms with Crippen molar-refractivity contribution < 1.29 is 19.6 Å². The maximum absolute atomic E-state index is 14.3. The third-order valence-electron chi connectivity index (χ3n) is 9.41. The van der Waals surface area contributed by atoms with E-state index < -0.39 is 22.2 Å². The van der Waals surface area contributed by atoms with Crippen molar-refractivity contribution >= 4 is 5.91 Å². The van der Waals surface area contributed by atoms with Gasteiger partial charge >= 0.3 is 0 Å². The molecule has 0 atom stereocenters. The Bertz CT molecular complexity index is 1120. The molecule has 228 valence electrons. The number of aryl methyl sites for hydroxylation is 1. The lowest BCUT2D eigenvalue weighted by molar-refractivity contribution is -1.16. The van der Waals surface area contributed by atoms with Crippen LogP contribution in [0, 0.1) is 5.21 Å². The Morgan fingerprint density at radius 1 is 0.951 bits per heavy atom. The Labute approximate surface area is 247 Å². The van der Waals surface area contributed by atoms with Crippen molar-refractivity contribution in [2.24, 2.45) is 0 Å². The van der Waals surface area contributed by atoms with Crippen molar-refractivity contribution in [1.82, 2.24) is 14.5 Å². The molecule has 4 rings (SSSR count). The zero-order valence-corrected chi connectivity index (χ0v) is 26.9. The number of aromatic nitrogens is 2. The van der Waals surface area contributed by atoms with Gasteiger partial charge in [-0.25, -0.2) is 14.3 Å². The molecule has 41 heavy (non-hydrogen) atoms. The summed E-state index contributed by atoms with van der Waals surface area (Å²) < 4.78 is 4.09. The number of nitrogens with one attached hydrogen (secondary N) is 1. The number of rotatable bonds is 8. The molecule has 8 nitrogen and oxygen atoms in total. The first kappa shape index (κ1) is 31.7. The van der Waals surface area contributed by atoms with E-state index >= 15 is 0 Å². The van der Waals surface area contributed by atoms with Crippen LogP contribution in [0.5, 0.6) is 0 Å². The highest BCUT2D eigenvalue weighted by Gasteiger charge is 2.54. The van der Waals surface area contributed by atoms with Crippen LogP contribution in [0.25, 0.3) is 0 Å². The molecule has 0 radical (unpaired) electrons. The molecular formula is C33H54N5O3+. The van der Waals surface area contributed by atoms with Crippen LogP contribution in [0.15, 0.2) is 43.0 Å². The molecule has 0 aliphatic carbocycles. The van der Waals surface area contributed by atoms with E-state index in [4.69, 9.17) is 0 Å². The number of hydrogen-bond acceptors (Lipinski definition) is 4. The molecule has 3 heterocycles. The highest BCUT2D eigenvalue weighted by molar-refractivity contribution is 5.77. The number of carbonyl (C=O) groups excluding carboxylic acids is 1. The van der Waals surface area contributed by atoms with Gasteiger partial charge in [0, 0.05) is 36.0 Å². The topological polar surface area (TPSA) is 80.1 Å². The summed E-state index contributed by atoms with van der Waals surface area (Å²) in [7, 11) is 0. The van der Waals surface area contributed by atoms with Gasteiger partial charge in [-0.2, -0.15) is 5.06 Å². The number of piperidine rings is 2. The second-order valence-electron chi connectivity index (χ2n) is 15.3. The Kier molecular flexibility index (Phi) is 8.83. The zero-order valence-electron chi connectivity index (χ0n) is 26.9. The van der Waals surface area contributed by atoms with E-state index in [0.717, 1.165) is 19.4 Å². The van der Waals surface area contributed by atoms with Gasteiger partial charge < -0.3 is 15.2 Å².